The third-order valence-electron chi connectivity index (χ3n) is 3.93. The van der Waals surface area contributed by atoms with E-state index in [1.54, 1.807) is 42.5 Å². The minimum absolute atomic E-state index is 0.236. The summed E-state index contributed by atoms with van der Waals surface area (Å²) in [5.74, 6) is -0.267. The molecule has 6 nitrogen and oxygen atoms in total. The SMILES string of the molecule is CC(=O)Oc1cccc(C(=O)Nc2ccccc2NC(=O)/C=C/C2CC2)c1. The number of carbonyl (C=O) groups excluding carboxylic acids is 3. The molecule has 27 heavy (non-hydrogen) atoms. The Labute approximate surface area is 157 Å². The van der Waals surface area contributed by atoms with Crippen molar-refractivity contribution in [2.75, 3.05) is 10.6 Å². The van der Waals surface area contributed by atoms with Gasteiger partial charge in [-0.25, -0.2) is 0 Å². The first-order chi connectivity index (χ1) is 13.0. The van der Waals surface area contributed by atoms with Gasteiger partial charge in [-0.2, -0.15) is 0 Å². The fourth-order valence-corrected chi connectivity index (χ4v) is 2.45. The average Bonchev–Trinajstić information content (AvgIpc) is 3.46. The molecule has 2 amide bonds. The summed E-state index contributed by atoms with van der Waals surface area (Å²) in [6.45, 7) is 1.29. The first-order valence-corrected chi connectivity index (χ1v) is 8.69. The number of rotatable bonds is 6. The summed E-state index contributed by atoms with van der Waals surface area (Å²) in [4.78, 5) is 35.6. The summed E-state index contributed by atoms with van der Waals surface area (Å²) in [6, 6.07) is 13.3. The normalized spacial score (nSPS) is 13.2. The third kappa shape index (κ3) is 5.54. The molecule has 1 aliphatic carbocycles. The zero-order chi connectivity index (χ0) is 19.2. The summed E-state index contributed by atoms with van der Waals surface area (Å²) in [5, 5.41) is 5.55. The molecule has 138 valence electrons. The van der Waals surface area contributed by atoms with Crippen molar-refractivity contribution in [3.8, 4) is 5.75 Å². The van der Waals surface area contributed by atoms with E-state index in [-0.39, 0.29) is 11.8 Å². The van der Waals surface area contributed by atoms with Crippen molar-refractivity contribution in [2.45, 2.75) is 19.8 Å². The van der Waals surface area contributed by atoms with Crippen molar-refractivity contribution in [1.29, 1.82) is 0 Å². The lowest BCUT2D eigenvalue weighted by Crippen LogP contribution is -2.15. The van der Waals surface area contributed by atoms with Crippen molar-refractivity contribution in [3.63, 3.8) is 0 Å². The predicted octanol–water partition coefficient (Wildman–Crippen LogP) is 3.77. The molecule has 0 unspecified atom stereocenters. The minimum atomic E-state index is -0.458. The summed E-state index contributed by atoms with van der Waals surface area (Å²) in [5.41, 5.74) is 1.32. The Balaban J connectivity index is 1.70. The Morgan fingerprint density at radius 2 is 1.70 bits per heavy atom. The Hall–Kier alpha value is -3.41. The summed E-state index contributed by atoms with van der Waals surface area (Å²) >= 11 is 0. The van der Waals surface area contributed by atoms with E-state index < -0.39 is 5.97 Å². The predicted molar refractivity (Wildman–Crippen MR) is 103 cm³/mol. The summed E-state index contributed by atoms with van der Waals surface area (Å²) in [7, 11) is 0. The third-order valence-corrected chi connectivity index (χ3v) is 3.93. The first kappa shape index (κ1) is 18.4. The van der Waals surface area contributed by atoms with Crippen LogP contribution in [0.15, 0.2) is 60.7 Å². The maximum atomic E-state index is 12.5. The highest BCUT2D eigenvalue weighted by molar-refractivity contribution is 6.08. The Bertz CT molecular complexity index is 901. The molecule has 0 spiro atoms. The van der Waals surface area contributed by atoms with Gasteiger partial charge in [0.05, 0.1) is 11.4 Å². The number of allylic oxidation sites excluding steroid dienone is 1. The fraction of sp³-hybridized carbons (Fsp3) is 0.190. The number of benzene rings is 2. The van der Waals surface area contributed by atoms with Crippen LogP contribution in [0.25, 0.3) is 0 Å². The van der Waals surface area contributed by atoms with Gasteiger partial charge >= 0.3 is 5.97 Å². The van der Waals surface area contributed by atoms with E-state index in [0.717, 1.165) is 12.8 Å². The minimum Gasteiger partial charge on any atom is -0.427 e. The largest absolute Gasteiger partial charge is 0.427 e. The van der Waals surface area contributed by atoms with E-state index in [4.69, 9.17) is 4.74 Å². The highest BCUT2D eigenvalue weighted by Gasteiger charge is 2.18. The zero-order valence-electron chi connectivity index (χ0n) is 14.9. The molecule has 1 saturated carbocycles. The second-order valence-electron chi connectivity index (χ2n) is 6.31. The van der Waals surface area contributed by atoms with Gasteiger partial charge in [-0.1, -0.05) is 24.3 Å². The molecule has 1 aliphatic rings. The van der Waals surface area contributed by atoms with Gasteiger partial charge in [0.1, 0.15) is 5.75 Å². The molecule has 0 bridgehead atoms. The van der Waals surface area contributed by atoms with Crippen molar-refractivity contribution in [2.24, 2.45) is 5.92 Å². The maximum absolute atomic E-state index is 12.5. The van der Waals surface area contributed by atoms with Crippen LogP contribution in [0.4, 0.5) is 11.4 Å². The van der Waals surface area contributed by atoms with Crippen molar-refractivity contribution < 1.29 is 19.1 Å². The van der Waals surface area contributed by atoms with Gasteiger partial charge in [0, 0.05) is 12.5 Å². The molecule has 2 N–H and O–H groups in total. The first-order valence-electron chi connectivity index (χ1n) is 8.69. The molecule has 0 radical (unpaired) electrons. The Morgan fingerprint density at radius 3 is 2.37 bits per heavy atom. The number of hydrogen-bond acceptors (Lipinski definition) is 4. The van der Waals surface area contributed by atoms with Crippen LogP contribution in [-0.2, 0) is 9.59 Å². The van der Waals surface area contributed by atoms with Crippen LogP contribution >= 0.6 is 0 Å². The summed E-state index contributed by atoms with van der Waals surface area (Å²) < 4.78 is 5.00. The van der Waals surface area contributed by atoms with E-state index in [2.05, 4.69) is 10.6 Å². The molecule has 3 rings (SSSR count). The fourth-order valence-electron chi connectivity index (χ4n) is 2.45. The Morgan fingerprint density at radius 1 is 1.00 bits per heavy atom. The molecule has 6 heteroatoms. The molecule has 0 saturated heterocycles. The number of esters is 1. The molecular formula is C21H20N2O4. The number of amides is 2. The number of nitrogens with one attached hydrogen (secondary N) is 2. The van der Waals surface area contributed by atoms with Crippen molar-refractivity contribution >= 4 is 29.2 Å². The lowest BCUT2D eigenvalue weighted by Gasteiger charge is -2.12. The summed E-state index contributed by atoms with van der Waals surface area (Å²) in [6.07, 6.45) is 5.68. The number of ether oxygens (including phenoxy) is 1. The standard InChI is InChI=1S/C21H20N2O4/c1-14(24)27-17-6-4-5-16(13-17)21(26)23-19-8-3-2-7-18(19)22-20(25)12-11-15-9-10-15/h2-8,11-13,15H,9-10H2,1H3,(H,22,25)(H,23,26)/b12-11+. The zero-order valence-corrected chi connectivity index (χ0v) is 14.9. The van der Waals surface area contributed by atoms with Crippen LogP contribution in [0.1, 0.15) is 30.1 Å². The van der Waals surface area contributed by atoms with Crippen LogP contribution in [0.5, 0.6) is 5.75 Å². The van der Waals surface area contributed by atoms with Gasteiger partial charge in [-0.15, -0.1) is 0 Å². The molecule has 1 fully saturated rings. The van der Waals surface area contributed by atoms with Gasteiger partial charge in [0.25, 0.3) is 5.91 Å². The van der Waals surface area contributed by atoms with E-state index in [1.165, 1.54) is 19.1 Å². The maximum Gasteiger partial charge on any atom is 0.308 e. The van der Waals surface area contributed by atoms with Crippen LogP contribution in [0.3, 0.4) is 0 Å². The number of carbonyl (C=O) groups is 3. The van der Waals surface area contributed by atoms with E-state index in [1.807, 2.05) is 6.08 Å². The molecule has 0 atom stereocenters. The molecule has 2 aromatic rings. The molecule has 2 aromatic carbocycles. The van der Waals surface area contributed by atoms with Gasteiger partial charge in [0.2, 0.25) is 5.91 Å². The van der Waals surface area contributed by atoms with Crippen molar-refractivity contribution in [3.05, 3.63) is 66.2 Å². The number of hydrogen-bond donors (Lipinski definition) is 2. The smallest absolute Gasteiger partial charge is 0.308 e. The van der Waals surface area contributed by atoms with Crippen LogP contribution in [0, 0.1) is 5.92 Å². The highest BCUT2D eigenvalue weighted by Crippen LogP contribution is 2.30. The Kier molecular flexibility index (Phi) is 5.66. The van der Waals surface area contributed by atoms with Crippen LogP contribution in [-0.4, -0.2) is 17.8 Å². The van der Waals surface area contributed by atoms with Gasteiger partial charge in [-0.3, -0.25) is 14.4 Å². The van der Waals surface area contributed by atoms with Gasteiger partial charge in [-0.05, 0) is 55.2 Å². The highest BCUT2D eigenvalue weighted by atomic mass is 16.5. The molecule has 0 heterocycles. The van der Waals surface area contributed by atoms with E-state index in [9.17, 15) is 14.4 Å². The molecule has 0 aromatic heterocycles. The van der Waals surface area contributed by atoms with Crippen LogP contribution in [0.2, 0.25) is 0 Å². The second-order valence-corrected chi connectivity index (χ2v) is 6.31. The number of para-hydroxylation sites is 2. The monoisotopic (exact) mass is 364 g/mol. The van der Waals surface area contributed by atoms with Gasteiger partial charge in [0.15, 0.2) is 0 Å². The number of anilines is 2. The van der Waals surface area contributed by atoms with E-state index >= 15 is 0 Å². The molecule has 0 aliphatic heterocycles. The lowest BCUT2D eigenvalue weighted by molar-refractivity contribution is -0.131. The van der Waals surface area contributed by atoms with Crippen molar-refractivity contribution in [1.82, 2.24) is 0 Å². The van der Waals surface area contributed by atoms with Crippen LogP contribution < -0.4 is 15.4 Å². The second kappa shape index (κ2) is 8.31. The molecular weight excluding hydrogens is 344 g/mol. The lowest BCUT2D eigenvalue weighted by atomic mass is 10.2. The van der Waals surface area contributed by atoms with Gasteiger partial charge < -0.3 is 15.4 Å². The average molecular weight is 364 g/mol. The quantitative estimate of drug-likeness (QED) is 0.464. The topological polar surface area (TPSA) is 84.5 Å². The van der Waals surface area contributed by atoms with E-state index in [0.29, 0.717) is 28.6 Å².